The van der Waals surface area contributed by atoms with Crippen LogP contribution in [0.4, 0.5) is 0 Å². The highest BCUT2D eigenvalue weighted by molar-refractivity contribution is 6.31. The van der Waals surface area contributed by atoms with E-state index in [0.29, 0.717) is 10.0 Å². The molecular weight excluding hydrogens is 281 g/mol. The minimum atomic E-state index is 0.691. The van der Waals surface area contributed by atoms with Gasteiger partial charge in [-0.25, -0.2) is 4.98 Å². The summed E-state index contributed by atoms with van der Waals surface area (Å²) in [7, 11) is 0. The Kier molecular flexibility index (Phi) is 3.28. The molecule has 19 heavy (non-hydrogen) atoms. The molecule has 0 saturated carbocycles. The van der Waals surface area contributed by atoms with Gasteiger partial charge in [-0.05, 0) is 36.4 Å². The molecule has 0 aliphatic heterocycles. The van der Waals surface area contributed by atoms with Crippen LogP contribution in [-0.4, -0.2) is 4.98 Å². The SMILES string of the molecule is Clc1ccc(-c2ncoc2-c2ccc(Cl)cc2)cc1. The standard InChI is InChI=1S/C15H9Cl2NO/c16-12-5-1-10(2-6-12)14-15(19-9-18-14)11-3-7-13(17)8-4-11/h1-9H. The summed E-state index contributed by atoms with van der Waals surface area (Å²) in [6.45, 7) is 0. The van der Waals surface area contributed by atoms with Crippen LogP contribution in [-0.2, 0) is 0 Å². The Labute approximate surface area is 120 Å². The van der Waals surface area contributed by atoms with Gasteiger partial charge in [-0.2, -0.15) is 0 Å². The van der Waals surface area contributed by atoms with E-state index in [2.05, 4.69) is 4.98 Å². The third-order valence-electron chi connectivity index (χ3n) is 2.79. The van der Waals surface area contributed by atoms with E-state index in [9.17, 15) is 0 Å². The quantitative estimate of drug-likeness (QED) is 0.638. The summed E-state index contributed by atoms with van der Waals surface area (Å²) in [5.74, 6) is 0.721. The number of aromatic nitrogens is 1. The minimum Gasteiger partial charge on any atom is -0.443 e. The number of halogens is 2. The highest BCUT2D eigenvalue weighted by Crippen LogP contribution is 2.32. The van der Waals surface area contributed by atoms with Gasteiger partial charge in [0, 0.05) is 21.2 Å². The van der Waals surface area contributed by atoms with Crippen molar-refractivity contribution in [3.63, 3.8) is 0 Å². The van der Waals surface area contributed by atoms with Crippen molar-refractivity contribution < 1.29 is 4.42 Å². The van der Waals surface area contributed by atoms with Crippen molar-refractivity contribution in [1.82, 2.24) is 4.98 Å². The van der Waals surface area contributed by atoms with Gasteiger partial charge >= 0.3 is 0 Å². The van der Waals surface area contributed by atoms with E-state index in [1.165, 1.54) is 6.39 Å². The van der Waals surface area contributed by atoms with Crippen LogP contribution in [0.3, 0.4) is 0 Å². The number of hydrogen-bond acceptors (Lipinski definition) is 2. The zero-order chi connectivity index (χ0) is 13.2. The van der Waals surface area contributed by atoms with Crippen molar-refractivity contribution in [2.75, 3.05) is 0 Å². The molecule has 0 aliphatic carbocycles. The predicted octanol–water partition coefficient (Wildman–Crippen LogP) is 5.32. The van der Waals surface area contributed by atoms with Crippen molar-refractivity contribution in [1.29, 1.82) is 0 Å². The molecule has 0 atom stereocenters. The van der Waals surface area contributed by atoms with Crippen LogP contribution in [0.5, 0.6) is 0 Å². The van der Waals surface area contributed by atoms with Gasteiger partial charge in [0.1, 0.15) is 5.69 Å². The Bertz CT molecular complexity index is 627. The number of nitrogens with zero attached hydrogens (tertiary/aromatic N) is 1. The Morgan fingerprint density at radius 3 is 1.84 bits per heavy atom. The summed E-state index contributed by atoms with van der Waals surface area (Å²) in [5, 5.41) is 1.39. The minimum absolute atomic E-state index is 0.691. The average molecular weight is 290 g/mol. The van der Waals surface area contributed by atoms with Crippen molar-refractivity contribution in [2.24, 2.45) is 0 Å². The van der Waals surface area contributed by atoms with Gasteiger partial charge in [0.25, 0.3) is 0 Å². The van der Waals surface area contributed by atoms with Gasteiger partial charge < -0.3 is 4.42 Å². The molecule has 0 N–H and O–H groups in total. The molecule has 0 fully saturated rings. The van der Waals surface area contributed by atoms with Gasteiger partial charge in [0.15, 0.2) is 12.2 Å². The first-order valence-corrected chi connectivity index (χ1v) is 6.45. The van der Waals surface area contributed by atoms with E-state index < -0.39 is 0 Å². The second-order valence-electron chi connectivity index (χ2n) is 4.04. The maximum atomic E-state index is 5.89. The first-order valence-electron chi connectivity index (χ1n) is 5.69. The lowest BCUT2D eigenvalue weighted by atomic mass is 10.1. The van der Waals surface area contributed by atoms with E-state index in [1.54, 1.807) is 0 Å². The maximum absolute atomic E-state index is 5.89. The lowest BCUT2D eigenvalue weighted by Gasteiger charge is -2.02. The third kappa shape index (κ3) is 2.50. The first-order chi connectivity index (χ1) is 9.24. The smallest absolute Gasteiger partial charge is 0.182 e. The molecule has 3 aromatic rings. The fourth-order valence-electron chi connectivity index (χ4n) is 1.87. The van der Waals surface area contributed by atoms with E-state index in [1.807, 2.05) is 48.5 Å². The zero-order valence-corrected chi connectivity index (χ0v) is 11.3. The molecule has 94 valence electrons. The topological polar surface area (TPSA) is 26.0 Å². The second-order valence-corrected chi connectivity index (χ2v) is 4.92. The summed E-state index contributed by atoms with van der Waals surface area (Å²) >= 11 is 11.8. The van der Waals surface area contributed by atoms with Crippen LogP contribution in [0.15, 0.2) is 59.3 Å². The van der Waals surface area contributed by atoms with Gasteiger partial charge in [0.2, 0.25) is 0 Å². The van der Waals surface area contributed by atoms with Gasteiger partial charge in [-0.3, -0.25) is 0 Å². The summed E-state index contributed by atoms with van der Waals surface area (Å²) in [6.07, 6.45) is 1.44. The molecule has 0 aliphatic rings. The van der Waals surface area contributed by atoms with Gasteiger partial charge in [0.05, 0.1) is 0 Å². The van der Waals surface area contributed by atoms with Crippen molar-refractivity contribution in [2.45, 2.75) is 0 Å². The van der Waals surface area contributed by atoms with Crippen molar-refractivity contribution in [3.05, 3.63) is 65.0 Å². The van der Waals surface area contributed by atoms with Crippen molar-refractivity contribution >= 4 is 23.2 Å². The van der Waals surface area contributed by atoms with E-state index in [-0.39, 0.29) is 0 Å². The van der Waals surface area contributed by atoms with Gasteiger partial charge in [-0.1, -0.05) is 35.3 Å². The van der Waals surface area contributed by atoms with Crippen LogP contribution >= 0.6 is 23.2 Å². The molecule has 2 nitrogen and oxygen atoms in total. The monoisotopic (exact) mass is 289 g/mol. The fourth-order valence-corrected chi connectivity index (χ4v) is 2.12. The van der Waals surface area contributed by atoms with E-state index >= 15 is 0 Å². The normalized spacial score (nSPS) is 10.6. The first kappa shape index (κ1) is 12.3. The number of oxazole rings is 1. The fraction of sp³-hybridized carbons (Fsp3) is 0. The van der Waals surface area contributed by atoms with E-state index in [0.717, 1.165) is 22.6 Å². The van der Waals surface area contributed by atoms with Crippen LogP contribution in [0, 0.1) is 0 Å². The molecule has 0 amide bonds. The third-order valence-corrected chi connectivity index (χ3v) is 3.30. The Morgan fingerprint density at radius 2 is 1.26 bits per heavy atom. The molecule has 2 aromatic carbocycles. The maximum Gasteiger partial charge on any atom is 0.182 e. The van der Waals surface area contributed by atoms with Crippen LogP contribution < -0.4 is 0 Å². The molecule has 1 heterocycles. The van der Waals surface area contributed by atoms with E-state index in [4.69, 9.17) is 27.6 Å². The molecule has 0 radical (unpaired) electrons. The number of benzene rings is 2. The lowest BCUT2D eigenvalue weighted by molar-refractivity contribution is 0.572. The number of rotatable bonds is 2. The van der Waals surface area contributed by atoms with Crippen LogP contribution in [0.1, 0.15) is 0 Å². The molecule has 4 heteroatoms. The molecule has 1 aromatic heterocycles. The highest BCUT2D eigenvalue weighted by atomic mass is 35.5. The summed E-state index contributed by atoms with van der Waals surface area (Å²) in [6, 6.07) is 15.0. The molecule has 0 spiro atoms. The largest absolute Gasteiger partial charge is 0.443 e. The summed E-state index contributed by atoms with van der Waals surface area (Å²) in [5.41, 5.74) is 2.69. The molecule has 0 unspecified atom stereocenters. The molecule has 0 bridgehead atoms. The number of hydrogen-bond donors (Lipinski definition) is 0. The van der Waals surface area contributed by atoms with Crippen molar-refractivity contribution in [3.8, 4) is 22.6 Å². The van der Waals surface area contributed by atoms with Crippen LogP contribution in [0.2, 0.25) is 10.0 Å². The zero-order valence-electron chi connectivity index (χ0n) is 9.81. The Hall–Kier alpha value is -1.77. The molecule has 3 rings (SSSR count). The Balaban J connectivity index is 2.07. The van der Waals surface area contributed by atoms with Crippen LogP contribution in [0.25, 0.3) is 22.6 Å². The Morgan fingerprint density at radius 1 is 0.737 bits per heavy atom. The predicted molar refractivity (Wildman–Crippen MR) is 77.4 cm³/mol. The lowest BCUT2D eigenvalue weighted by Crippen LogP contribution is -1.82. The van der Waals surface area contributed by atoms with Gasteiger partial charge in [-0.15, -0.1) is 0 Å². The highest BCUT2D eigenvalue weighted by Gasteiger charge is 2.12. The second kappa shape index (κ2) is 5.08. The summed E-state index contributed by atoms with van der Waals surface area (Å²) in [4.78, 5) is 4.27. The molecule has 0 saturated heterocycles. The molecular formula is C15H9Cl2NO. The summed E-state index contributed by atoms with van der Waals surface area (Å²) < 4.78 is 5.49. The average Bonchev–Trinajstić information content (AvgIpc) is 2.90.